The van der Waals surface area contributed by atoms with Crippen LogP contribution in [-0.4, -0.2) is 37.7 Å². The summed E-state index contributed by atoms with van der Waals surface area (Å²) in [5, 5.41) is 0. The van der Waals surface area contributed by atoms with E-state index in [4.69, 9.17) is 9.47 Å². The summed E-state index contributed by atoms with van der Waals surface area (Å²) in [6.45, 7) is 7.56. The second kappa shape index (κ2) is 6.80. The summed E-state index contributed by atoms with van der Waals surface area (Å²) in [6, 6.07) is 6.67. The van der Waals surface area contributed by atoms with E-state index in [1.165, 1.54) is 18.4 Å². The second-order valence-corrected chi connectivity index (χ2v) is 5.15. The van der Waals surface area contributed by atoms with Crippen molar-refractivity contribution in [2.24, 2.45) is 0 Å². The highest BCUT2D eigenvalue weighted by Crippen LogP contribution is 2.35. The van der Waals surface area contributed by atoms with Crippen LogP contribution in [0.15, 0.2) is 18.2 Å². The molecule has 0 amide bonds. The zero-order chi connectivity index (χ0) is 13.7. The van der Waals surface area contributed by atoms with Gasteiger partial charge in [0.15, 0.2) is 11.5 Å². The Bertz CT molecular complexity index is 400. The predicted octanol–water partition coefficient (Wildman–Crippen LogP) is 3.12. The van der Waals surface area contributed by atoms with Crippen LogP contribution in [0.2, 0.25) is 0 Å². The van der Waals surface area contributed by atoms with E-state index in [0.717, 1.165) is 37.6 Å². The lowest BCUT2D eigenvalue weighted by Crippen LogP contribution is -2.44. The molecule has 106 valence electrons. The van der Waals surface area contributed by atoms with Gasteiger partial charge < -0.3 is 9.47 Å². The molecule has 0 spiro atoms. The van der Waals surface area contributed by atoms with Gasteiger partial charge in [0, 0.05) is 6.04 Å². The number of benzene rings is 1. The molecule has 1 heterocycles. The minimum absolute atomic E-state index is 0.500. The van der Waals surface area contributed by atoms with E-state index >= 15 is 0 Å². The first-order valence-corrected chi connectivity index (χ1v) is 7.32. The van der Waals surface area contributed by atoms with Crippen molar-refractivity contribution in [3.63, 3.8) is 0 Å². The zero-order valence-corrected chi connectivity index (χ0v) is 12.3. The molecule has 1 aromatic carbocycles. The number of hydrogen-bond acceptors (Lipinski definition) is 3. The summed E-state index contributed by atoms with van der Waals surface area (Å²) in [6.07, 6.45) is 3.45. The number of fused-ring (bicyclic) bond motifs is 1. The normalized spacial score (nSPS) is 18.0. The van der Waals surface area contributed by atoms with Gasteiger partial charge in [0.25, 0.3) is 0 Å². The van der Waals surface area contributed by atoms with Gasteiger partial charge in [0.05, 0.1) is 7.11 Å². The van der Waals surface area contributed by atoms with Gasteiger partial charge in [-0.15, -0.1) is 0 Å². The SMILES string of the molecule is CCCN(CCC)[C@@H]1COc2c(cccc2OC)C1. The average molecular weight is 263 g/mol. The van der Waals surface area contributed by atoms with Crippen molar-refractivity contribution >= 4 is 0 Å². The minimum Gasteiger partial charge on any atom is -0.493 e. The molecule has 0 saturated heterocycles. The molecule has 0 radical (unpaired) electrons. The quantitative estimate of drug-likeness (QED) is 0.787. The molecule has 2 rings (SSSR count). The molecule has 0 unspecified atom stereocenters. The Hall–Kier alpha value is -1.22. The van der Waals surface area contributed by atoms with E-state index in [2.05, 4.69) is 24.8 Å². The first kappa shape index (κ1) is 14.2. The molecule has 0 aliphatic carbocycles. The number of rotatable bonds is 6. The van der Waals surface area contributed by atoms with Crippen molar-refractivity contribution in [3.05, 3.63) is 23.8 Å². The van der Waals surface area contributed by atoms with E-state index < -0.39 is 0 Å². The molecule has 1 aliphatic rings. The van der Waals surface area contributed by atoms with Crippen molar-refractivity contribution < 1.29 is 9.47 Å². The van der Waals surface area contributed by atoms with Gasteiger partial charge in [-0.05, 0) is 44.0 Å². The first-order chi connectivity index (χ1) is 9.30. The van der Waals surface area contributed by atoms with E-state index in [9.17, 15) is 0 Å². The van der Waals surface area contributed by atoms with Crippen LogP contribution in [-0.2, 0) is 6.42 Å². The van der Waals surface area contributed by atoms with Gasteiger partial charge in [-0.1, -0.05) is 26.0 Å². The molecule has 0 bridgehead atoms. The van der Waals surface area contributed by atoms with Crippen molar-refractivity contribution in [2.45, 2.75) is 39.2 Å². The van der Waals surface area contributed by atoms with E-state index in [1.54, 1.807) is 7.11 Å². The molecule has 0 saturated carbocycles. The summed E-state index contributed by atoms with van der Waals surface area (Å²) in [5.41, 5.74) is 1.27. The highest BCUT2D eigenvalue weighted by Gasteiger charge is 2.26. The third-order valence-corrected chi connectivity index (χ3v) is 3.69. The van der Waals surface area contributed by atoms with Crippen LogP contribution in [0.5, 0.6) is 11.5 Å². The maximum atomic E-state index is 5.97. The monoisotopic (exact) mass is 263 g/mol. The van der Waals surface area contributed by atoms with Gasteiger partial charge in [-0.3, -0.25) is 4.90 Å². The molecular formula is C16H25NO2. The molecule has 0 fully saturated rings. The Morgan fingerprint density at radius 1 is 1.26 bits per heavy atom. The first-order valence-electron chi connectivity index (χ1n) is 7.32. The summed E-state index contributed by atoms with van der Waals surface area (Å²) in [4.78, 5) is 2.56. The molecule has 3 nitrogen and oxygen atoms in total. The Balaban J connectivity index is 2.12. The maximum Gasteiger partial charge on any atom is 0.164 e. The van der Waals surface area contributed by atoms with Crippen LogP contribution in [0.3, 0.4) is 0 Å². The lowest BCUT2D eigenvalue weighted by Gasteiger charge is -2.35. The minimum atomic E-state index is 0.500. The molecule has 3 heteroatoms. The van der Waals surface area contributed by atoms with Crippen molar-refractivity contribution in [1.82, 2.24) is 4.90 Å². The number of ether oxygens (including phenoxy) is 2. The van der Waals surface area contributed by atoms with E-state index in [-0.39, 0.29) is 0 Å². The number of nitrogens with zero attached hydrogens (tertiary/aromatic N) is 1. The topological polar surface area (TPSA) is 21.7 Å². The standard InChI is InChI=1S/C16H25NO2/c1-4-9-17(10-5-2)14-11-13-7-6-8-15(18-3)16(13)19-12-14/h6-8,14H,4-5,9-12H2,1-3H3/t14-/m0/s1. The van der Waals surface area contributed by atoms with Gasteiger partial charge in [-0.25, -0.2) is 0 Å². The molecule has 1 atom stereocenters. The predicted molar refractivity (Wildman–Crippen MR) is 78.1 cm³/mol. The number of hydrogen-bond donors (Lipinski definition) is 0. The fraction of sp³-hybridized carbons (Fsp3) is 0.625. The molecule has 0 N–H and O–H groups in total. The van der Waals surface area contributed by atoms with E-state index in [0.29, 0.717) is 6.04 Å². The lowest BCUT2D eigenvalue weighted by atomic mass is 10.0. The Morgan fingerprint density at radius 2 is 2.00 bits per heavy atom. The van der Waals surface area contributed by atoms with Crippen LogP contribution in [0.25, 0.3) is 0 Å². The smallest absolute Gasteiger partial charge is 0.164 e. The maximum absolute atomic E-state index is 5.97. The number of para-hydroxylation sites is 1. The van der Waals surface area contributed by atoms with Crippen molar-refractivity contribution in [2.75, 3.05) is 26.8 Å². The summed E-state index contributed by atoms with van der Waals surface area (Å²) >= 11 is 0. The van der Waals surface area contributed by atoms with Crippen LogP contribution >= 0.6 is 0 Å². The fourth-order valence-electron chi connectivity index (χ4n) is 2.82. The van der Waals surface area contributed by atoms with E-state index in [1.807, 2.05) is 12.1 Å². The Morgan fingerprint density at radius 3 is 2.63 bits per heavy atom. The van der Waals surface area contributed by atoms with Gasteiger partial charge in [-0.2, -0.15) is 0 Å². The van der Waals surface area contributed by atoms with Gasteiger partial charge >= 0.3 is 0 Å². The molecule has 1 aromatic rings. The summed E-state index contributed by atoms with van der Waals surface area (Å²) < 4.78 is 11.3. The van der Waals surface area contributed by atoms with Crippen LogP contribution in [0.1, 0.15) is 32.3 Å². The highest BCUT2D eigenvalue weighted by atomic mass is 16.5. The Kier molecular flexibility index (Phi) is 5.08. The summed E-state index contributed by atoms with van der Waals surface area (Å²) in [5.74, 6) is 1.79. The third kappa shape index (κ3) is 3.21. The molecule has 19 heavy (non-hydrogen) atoms. The van der Waals surface area contributed by atoms with Crippen LogP contribution in [0, 0.1) is 0 Å². The average Bonchev–Trinajstić information content (AvgIpc) is 2.45. The second-order valence-electron chi connectivity index (χ2n) is 5.15. The summed E-state index contributed by atoms with van der Waals surface area (Å²) in [7, 11) is 1.70. The third-order valence-electron chi connectivity index (χ3n) is 3.69. The van der Waals surface area contributed by atoms with Crippen molar-refractivity contribution in [3.8, 4) is 11.5 Å². The fourth-order valence-corrected chi connectivity index (χ4v) is 2.82. The Labute approximate surface area is 116 Å². The van der Waals surface area contributed by atoms with Gasteiger partial charge in [0.2, 0.25) is 0 Å². The zero-order valence-electron chi connectivity index (χ0n) is 12.3. The number of methoxy groups -OCH3 is 1. The largest absolute Gasteiger partial charge is 0.493 e. The highest BCUT2D eigenvalue weighted by molar-refractivity contribution is 5.48. The van der Waals surface area contributed by atoms with Crippen LogP contribution in [0.4, 0.5) is 0 Å². The molecular weight excluding hydrogens is 238 g/mol. The van der Waals surface area contributed by atoms with Gasteiger partial charge in [0.1, 0.15) is 6.61 Å². The van der Waals surface area contributed by atoms with Crippen LogP contribution < -0.4 is 9.47 Å². The lowest BCUT2D eigenvalue weighted by molar-refractivity contribution is 0.116. The molecule has 1 aliphatic heterocycles. The van der Waals surface area contributed by atoms with Crippen molar-refractivity contribution in [1.29, 1.82) is 0 Å². The molecule has 0 aromatic heterocycles.